The predicted octanol–water partition coefficient (Wildman–Crippen LogP) is 2.32. The standard InChI is InChI=1S/C13H21N3O.C2HF3O2/c1-2-17-10-13-9-15(7-11-3-4-11)8-12-5-6-14-16(12)13;3-2(4,5)1(6)7/h5-6,11,13H,2-4,7-10H2,1H3;(H,6,7). The van der Waals surface area contributed by atoms with E-state index in [0.29, 0.717) is 6.04 Å². The van der Waals surface area contributed by atoms with Gasteiger partial charge in [-0.1, -0.05) is 0 Å². The molecule has 1 N–H and O–H groups in total. The summed E-state index contributed by atoms with van der Waals surface area (Å²) in [5.74, 6) is -1.80. The number of aromatic nitrogens is 2. The summed E-state index contributed by atoms with van der Waals surface area (Å²) in [5, 5.41) is 11.6. The molecule has 2 heterocycles. The van der Waals surface area contributed by atoms with Gasteiger partial charge < -0.3 is 9.84 Å². The van der Waals surface area contributed by atoms with Crippen LogP contribution in [0, 0.1) is 5.92 Å². The summed E-state index contributed by atoms with van der Waals surface area (Å²) in [5.41, 5.74) is 1.33. The number of alkyl halides is 3. The van der Waals surface area contributed by atoms with E-state index < -0.39 is 12.1 Å². The van der Waals surface area contributed by atoms with Crippen molar-refractivity contribution in [1.82, 2.24) is 14.7 Å². The molecule has 24 heavy (non-hydrogen) atoms. The highest BCUT2D eigenvalue weighted by Gasteiger charge is 2.38. The maximum atomic E-state index is 10.6. The molecule has 1 aromatic rings. The number of halogens is 3. The van der Waals surface area contributed by atoms with Crippen LogP contribution in [-0.4, -0.2) is 58.2 Å². The Labute approximate surface area is 138 Å². The monoisotopic (exact) mass is 349 g/mol. The molecule has 0 spiro atoms. The Kier molecular flexibility index (Phi) is 6.22. The van der Waals surface area contributed by atoms with Crippen LogP contribution in [0.15, 0.2) is 12.3 Å². The van der Waals surface area contributed by atoms with E-state index >= 15 is 0 Å². The lowest BCUT2D eigenvalue weighted by Gasteiger charge is -2.33. The molecule has 0 bridgehead atoms. The van der Waals surface area contributed by atoms with Gasteiger partial charge in [-0.15, -0.1) is 0 Å². The first-order chi connectivity index (χ1) is 11.3. The van der Waals surface area contributed by atoms with Crippen LogP contribution in [0.25, 0.3) is 0 Å². The number of fused-ring (bicyclic) bond motifs is 1. The minimum Gasteiger partial charge on any atom is -0.475 e. The molecule has 136 valence electrons. The Morgan fingerprint density at radius 1 is 1.46 bits per heavy atom. The van der Waals surface area contributed by atoms with E-state index in [9.17, 15) is 13.2 Å². The molecule has 2 aliphatic rings. The van der Waals surface area contributed by atoms with E-state index in [0.717, 1.165) is 32.2 Å². The van der Waals surface area contributed by atoms with Gasteiger partial charge in [-0.05, 0) is 31.7 Å². The van der Waals surface area contributed by atoms with Crippen LogP contribution in [0.4, 0.5) is 13.2 Å². The maximum absolute atomic E-state index is 10.6. The smallest absolute Gasteiger partial charge is 0.475 e. The number of rotatable bonds is 5. The molecule has 6 nitrogen and oxygen atoms in total. The van der Waals surface area contributed by atoms with E-state index in [2.05, 4.69) is 27.7 Å². The molecular formula is C15H22F3N3O3. The molecule has 1 aliphatic carbocycles. The number of carboxylic acids is 1. The third kappa shape index (κ3) is 5.48. The summed E-state index contributed by atoms with van der Waals surface area (Å²) >= 11 is 0. The molecule has 0 amide bonds. The van der Waals surface area contributed by atoms with Crippen LogP contribution in [-0.2, 0) is 16.1 Å². The molecule has 0 aromatic carbocycles. The topological polar surface area (TPSA) is 67.6 Å². The summed E-state index contributed by atoms with van der Waals surface area (Å²) in [4.78, 5) is 11.5. The van der Waals surface area contributed by atoms with Crippen LogP contribution < -0.4 is 0 Å². The SMILES string of the molecule is CCOCC1CN(CC2CC2)Cc2ccnn21.O=C(O)C(F)(F)F. The summed E-state index contributed by atoms with van der Waals surface area (Å²) in [7, 11) is 0. The summed E-state index contributed by atoms with van der Waals surface area (Å²) in [6, 6.07) is 2.53. The van der Waals surface area contributed by atoms with Gasteiger partial charge in [0, 0.05) is 32.4 Å². The average molecular weight is 349 g/mol. The highest BCUT2D eigenvalue weighted by molar-refractivity contribution is 5.73. The van der Waals surface area contributed by atoms with Crippen LogP contribution in [0.1, 0.15) is 31.5 Å². The lowest BCUT2D eigenvalue weighted by atomic mass is 10.2. The van der Waals surface area contributed by atoms with Crippen LogP contribution in [0.5, 0.6) is 0 Å². The Morgan fingerprint density at radius 3 is 2.67 bits per heavy atom. The average Bonchev–Trinajstić information content (AvgIpc) is 3.18. The molecule has 1 atom stereocenters. The molecule has 9 heteroatoms. The Balaban J connectivity index is 0.000000256. The van der Waals surface area contributed by atoms with Crippen LogP contribution >= 0.6 is 0 Å². The molecule has 1 saturated carbocycles. The van der Waals surface area contributed by atoms with Crippen molar-refractivity contribution in [1.29, 1.82) is 0 Å². The van der Waals surface area contributed by atoms with Crippen molar-refractivity contribution in [3.63, 3.8) is 0 Å². The van der Waals surface area contributed by atoms with E-state index in [1.54, 1.807) is 0 Å². The minimum absolute atomic E-state index is 0.396. The number of hydrogen-bond donors (Lipinski definition) is 1. The van der Waals surface area contributed by atoms with Crippen LogP contribution in [0.2, 0.25) is 0 Å². The van der Waals surface area contributed by atoms with E-state index in [1.165, 1.54) is 25.1 Å². The minimum atomic E-state index is -5.08. The summed E-state index contributed by atoms with van der Waals surface area (Å²) in [6.45, 7) is 7.02. The second-order valence-electron chi connectivity index (χ2n) is 6.02. The van der Waals surface area contributed by atoms with Crippen molar-refractivity contribution in [2.24, 2.45) is 5.92 Å². The number of carbonyl (C=O) groups is 1. The fraction of sp³-hybridized carbons (Fsp3) is 0.733. The van der Waals surface area contributed by atoms with E-state index in [-0.39, 0.29) is 0 Å². The Bertz CT molecular complexity index is 544. The number of ether oxygens (including phenoxy) is 1. The highest BCUT2D eigenvalue weighted by Crippen LogP contribution is 2.32. The van der Waals surface area contributed by atoms with Crippen molar-refractivity contribution >= 4 is 5.97 Å². The fourth-order valence-electron chi connectivity index (χ4n) is 2.65. The van der Waals surface area contributed by atoms with Gasteiger partial charge >= 0.3 is 12.1 Å². The molecule has 1 aromatic heterocycles. The largest absolute Gasteiger partial charge is 0.490 e. The summed E-state index contributed by atoms with van der Waals surface area (Å²) in [6.07, 6.45) is -0.327. The van der Waals surface area contributed by atoms with Gasteiger partial charge in [0.05, 0.1) is 18.3 Å². The first kappa shape index (κ1) is 18.7. The van der Waals surface area contributed by atoms with Gasteiger partial charge in [-0.2, -0.15) is 18.3 Å². The summed E-state index contributed by atoms with van der Waals surface area (Å²) < 4.78 is 39.5. The highest BCUT2D eigenvalue weighted by atomic mass is 19.4. The lowest BCUT2D eigenvalue weighted by molar-refractivity contribution is -0.192. The Hall–Kier alpha value is -1.61. The Morgan fingerprint density at radius 2 is 2.12 bits per heavy atom. The molecule has 1 aliphatic heterocycles. The van der Waals surface area contributed by atoms with Gasteiger partial charge in [0.1, 0.15) is 0 Å². The van der Waals surface area contributed by atoms with Crippen LogP contribution in [0.3, 0.4) is 0 Å². The zero-order chi connectivity index (χ0) is 17.7. The third-order valence-corrected chi connectivity index (χ3v) is 3.92. The van der Waals surface area contributed by atoms with Gasteiger partial charge in [0.25, 0.3) is 0 Å². The van der Waals surface area contributed by atoms with Crippen molar-refractivity contribution < 1.29 is 27.8 Å². The molecule has 0 radical (unpaired) electrons. The third-order valence-electron chi connectivity index (χ3n) is 3.92. The van der Waals surface area contributed by atoms with Crippen molar-refractivity contribution in [3.05, 3.63) is 18.0 Å². The number of hydrogen-bond acceptors (Lipinski definition) is 4. The second kappa shape index (κ2) is 7.98. The van der Waals surface area contributed by atoms with Gasteiger partial charge in [0.15, 0.2) is 0 Å². The molecule has 1 fully saturated rings. The first-order valence-electron chi connectivity index (χ1n) is 7.93. The molecule has 1 unspecified atom stereocenters. The quantitative estimate of drug-likeness (QED) is 0.884. The zero-order valence-corrected chi connectivity index (χ0v) is 13.5. The second-order valence-corrected chi connectivity index (χ2v) is 6.02. The first-order valence-corrected chi connectivity index (χ1v) is 7.93. The zero-order valence-electron chi connectivity index (χ0n) is 13.5. The maximum Gasteiger partial charge on any atom is 0.490 e. The van der Waals surface area contributed by atoms with Gasteiger partial charge in [-0.3, -0.25) is 9.58 Å². The molecule has 0 saturated heterocycles. The molecular weight excluding hydrogens is 327 g/mol. The molecule has 3 rings (SSSR count). The predicted molar refractivity (Wildman–Crippen MR) is 79.4 cm³/mol. The normalized spacial score (nSPS) is 20.9. The van der Waals surface area contributed by atoms with Crippen molar-refractivity contribution in [2.75, 3.05) is 26.3 Å². The number of nitrogens with zero attached hydrogens (tertiary/aromatic N) is 3. The van der Waals surface area contributed by atoms with Crippen molar-refractivity contribution in [3.8, 4) is 0 Å². The fourth-order valence-corrected chi connectivity index (χ4v) is 2.65. The van der Waals surface area contributed by atoms with Crippen molar-refractivity contribution in [2.45, 2.75) is 38.5 Å². The van der Waals surface area contributed by atoms with Gasteiger partial charge in [-0.25, -0.2) is 4.79 Å². The van der Waals surface area contributed by atoms with E-state index in [1.807, 2.05) is 6.20 Å². The lowest BCUT2D eigenvalue weighted by Crippen LogP contribution is -2.40. The number of carboxylic acid groups (broad SMARTS) is 1. The van der Waals surface area contributed by atoms with Gasteiger partial charge in [0.2, 0.25) is 0 Å². The van der Waals surface area contributed by atoms with E-state index in [4.69, 9.17) is 14.6 Å². The number of aliphatic carboxylic acids is 1.